The van der Waals surface area contributed by atoms with Gasteiger partial charge < -0.3 is 14.5 Å². The van der Waals surface area contributed by atoms with Crippen molar-refractivity contribution >= 4 is 28.5 Å². The Hall–Kier alpha value is -2.45. The van der Waals surface area contributed by atoms with Gasteiger partial charge in [0.05, 0.1) is 5.69 Å². The van der Waals surface area contributed by atoms with Crippen LogP contribution < -0.4 is 5.32 Å². The zero-order valence-corrected chi connectivity index (χ0v) is 20.3. The molecule has 1 aromatic carbocycles. The van der Waals surface area contributed by atoms with Crippen LogP contribution in [0.1, 0.15) is 60.1 Å². The molecular weight excluding hydrogens is 424 g/mol. The highest BCUT2D eigenvalue weighted by molar-refractivity contribution is 7.15. The fourth-order valence-electron chi connectivity index (χ4n) is 4.33. The number of hydrogen-bond acceptors (Lipinski definition) is 6. The molecule has 1 fully saturated rings. The molecule has 2 amide bonds. The summed E-state index contributed by atoms with van der Waals surface area (Å²) in [6.07, 6.45) is 0.639. The first-order valence-electron chi connectivity index (χ1n) is 11.2. The predicted octanol–water partition coefficient (Wildman–Crippen LogP) is 4.35. The summed E-state index contributed by atoms with van der Waals surface area (Å²) in [7, 11) is 2.10. The van der Waals surface area contributed by atoms with Crippen LogP contribution in [-0.2, 0) is 17.7 Å². The summed E-state index contributed by atoms with van der Waals surface area (Å²) in [4.78, 5) is 35.3. The molecule has 4 rings (SSSR count). The SMILES string of the molecule is C[C@H]1CN(C(=O)OC(C)(C)C)C[C@@H]1c1cccc(C(=O)Nc2nc3c(s2)CN(C)CC3)c1. The van der Waals surface area contributed by atoms with Crippen LogP contribution >= 0.6 is 11.3 Å². The van der Waals surface area contributed by atoms with Gasteiger partial charge in [0.1, 0.15) is 5.60 Å². The number of fused-ring (bicyclic) bond motifs is 1. The van der Waals surface area contributed by atoms with Gasteiger partial charge in [-0.3, -0.25) is 10.1 Å². The van der Waals surface area contributed by atoms with Crippen LogP contribution in [0.15, 0.2) is 24.3 Å². The lowest BCUT2D eigenvalue weighted by Gasteiger charge is -2.24. The maximum atomic E-state index is 12.9. The van der Waals surface area contributed by atoms with Gasteiger partial charge in [0, 0.05) is 49.0 Å². The number of anilines is 1. The van der Waals surface area contributed by atoms with E-state index < -0.39 is 5.60 Å². The number of benzene rings is 1. The maximum Gasteiger partial charge on any atom is 0.410 e. The Morgan fingerprint density at radius 1 is 1.25 bits per heavy atom. The topological polar surface area (TPSA) is 74.8 Å². The van der Waals surface area contributed by atoms with E-state index in [4.69, 9.17) is 4.74 Å². The van der Waals surface area contributed by atoms with Gasteiger partial charge in [-0.15, -0.1) is 11.3 Å². The van der Waals surface area contributed by atoms with Crippen molar-refractivity contribution in [3.63, 3.8) is 0 Å². The van der Waals surface area contributed by atoms with Crippen LogP contribution in [0.25, 0.3) is 0 Å². The molecule has 2 aliphatic rings. The van der Waals surface area contributed by atoms with Gasteiger partial charge in [0.15, 0.2) is 5.13 Å². The Kier molecular flexibility index (Phi) is 6.27. The van der Waals surface area contributed by atoms with Crippen molar-refractivity contribution in [3.8, 4) is 0 Å². The number of thiazole rings is 1. The molecule has 2 aromatic rings. The average Bonchev–Trinajstić information content (AvgIpc) is 3.29. The quantitative estimate of drug-likeness (QED) is 0.743. The number of carbonyl (C=O) groups is 2. The van der Waals surface area contributed by atoms with Crippen LogP contribution in [0.4, 0.5) is 9.93 Å². The van der Waals surface area contributed by atoms with Crippen molar-refractivity contribution in [3.05, 3.63) is 46.0 Å². The van der Waals surface area contributed by atoms with E-state index in [1.54, 1.807) is 16.2 Å². The van der Waals surface area contributed by atoms with Crippen LogP contribution in [0.3, 0.4) is 0 Å². The molecule has 0 spiro atoms. The molecule has 1 N–H and O–H groups in total. The van der Waals surface area contributed by atoms with Crippen molar-refractivity contribution in [2.45, 2.75) is 52.2 Å². The second-order valence-corrected chi connectivity index (χ2v) is 11.0. The number of ether oxygens (including phenoxy) is 1. The standard InChI is InChI=1S/C24H32N4O3S/c1-15-12-28(23(30)31-24(2,3)4)13-18(15)16-7-6-8-17(11-16)21(29)26-22-25-19-9-10-27(5)14-20(19)32-22/h6-8,11,15,18H,9-10,12-14H2,1-5H3,(H,25,26,29)/t15-,18-/m0/s1. The molecule has 2 atom stereocenters. The largest absolute Gasteiger partial charge is 0.444 e. The van der Waals surface area contributed by atoms with Gasteiger partial charge in [0.2, 0.25) is 0 Å². The first-order chi connectivity index (χ1) is 15.1. The third kappa shape index (κ3) is 5.13. The number of rotatable bonds is 3. The molecular formula is C24H32N4O3S. The van der Waals surface area contributed by atoms with E-state index in [-0.39, 0.29) is 23.8 Å². The first-order valence-corrected chi connectivity index (χ1v) is 12.0. The maximum absolute atomic E-state index is 12.9. The summed E-state index contributed by atoms with van der Waals surface area (Å²) in [6.45, 7) is 10.9. The van der Waals surface area contributed by atoms with Gasteiger partial charge in [-0.25, -0.2) is 9.78 Å². The highest BCUT2D eigenvalue weighted by atomic mass is 32.1. The summed E-state index contributed by atoms with van der Waals surface area (Å²) in [5.74, 6) is 0.294. The molecule has 1 saturated heterocycles. The highest BCUT2D eigenvalue weighted by Crippen LogP contribution is 2.34. The van der Waals surface area contributed by atoms with Gasteiger partial charge >= 0.3 is 6.09 Å². The van der Waals surface area contributed by atoms with E-state index in [9.17, 15) is 9.59 Å². The molecule has 0 aliphatic carbocycles. The van der Waals surface area contributed by atoms with E-state index in [0.29, 0.717) is 23.8 Å². The fraction of sp³-hybridized carbons (Fsp3) is 0.542. The van der Waals surface area contributed by atoms with Crippen molar-refractivity contribution < 1.29 is 14.3 Å². The zero-order chi connectivity index (χ0) is 23.0. The van der Waals surface area contributed by atoms with Crippen molar-refractivity contribution in [1.29, 1.82) is 0 Å². The van der Waals surface area contributed by atoms with Gasteiger partial charge in [-0.1, -0.05) is 19.1 Å². The highest BCUT2D eigenvalue weighted by Gasteiger charge is 2.35. The van der Waals surface area contributed by atoms with E-state index in [0.717, 1.165) is 30.8 Å². The summed E-state index contributed by atoms with van der Waals surface area (Å²) in [5.41, 5.74) is 2.26. The van der Waals surface area contributed by atoms with E-state index >= 15 is 0 Å². The number of aromatic nitrogens is 1. The summed E-state index contributed by atoms with van der Waals surface area (Å²) < 4.78 is 5.54. The lowest BCUT2D eigenvalue weighted by atomic mass is 9.89. The van der Waals surface area contributed by atoms with Crippen molar-refractivity contribution in [2.24, 2.45) is 5.92 Å². The lowest BCUT2D eigenvalue weighted by molar-refractivity contribution is 0.0287. The van der Waals surface area contributed by atoms with Gasteiger partial charge in [-0.2, -0.15) is 0 Å². The molecule has 7 nitrogen and oxygen atoms in total. The minimum absolute atomic E-state index is 0.152. The Morgan fingerprint density at radius 2 is 2.03 bits per heavy atom. The normalized spacial score (nSPS) is 21.3. The molecule has 2 aliphatic heterocycles. The van der Waals surface area contributed by atoms with E-state index in [1.807, 2.05) is 45.0 Å². The third-order valence-corrected chi connectivity index (χ3v) is 6.98. The van der Waals surface area contributed by atoms with Crippen LogP contribution in [0, 0.1) is 5.92 Å². The summed E-state index contributed by atoms with van der Waals surface area (Å²) in [6, 6.07) is 7.71. The number of likely N-dealkylation sites (N-methyl/N-ethyl adjacent to an activating group) is 1. The van der Waals surface area contributed by atoms with Crippen molar-refractivity contribution in [1.82, 2.24) is 14.8 Å². The van der Waals surface area contributed by atoms with E-state index in [2.05, 4.69) is 29.2 Å². The molecule has 32 heavy (non-hydrogen) atoms. The second-order valence-electron chi connectivity index (χ2n) is 9.93. The molecule has 1 aromatic heterocycles. The Bertz CT molecular complexity index is 1010. The molecule has 0 bridgehead atoms. The molecule has 0 unspecified atom stereocenters. The smallest absolute Gasteiger partial charge is 0.410 e. The third-order valence-electron chi connectivity index (χ3n) is 5.98. The van der Waals surface area contributed by atoms with Crippen LogP contribution in [-0.4, -0.2) is 59.1 Å². The molecule has 3 heterocycles. The first kappa shape index (κ1) is 22.7. The number of amides is 2. The fourth-order valence-corrected chi connectivity index (χ4v) is 5.42. The Balaban J connectivity index is 1.44. The molecule has 0 radical (unpaired) electrons. The predicted molar refractivity (Wildman–Crippen MR) is 126 cm³/mol. The van der Waals surface area contributed by atoms with Crippen molar-refractivity contribution in [2.75, 3.05) is 32.0 Å². The van der Waals surface area contributed by atoms with Crippen LogP contribution in [0.2, 0.25) is 0 Å². The molecule has 0 saturated carbocycles. The summed E-state index contributed by atoms with van der Waals surface area (Å²) in [5, 5.41) is 3.64. The van der Waals surface area contributed by atoms with Crippen LogP contribution in [0.5, 0.6) is 0 Å². The Labute approximate surface area is 193 Å². The van der Waals surface area contributed by atoms with E-state index in [1.165, 1.54) is 4.88 Å². The second kappa shape index (κ2) is 8.83. The zero-order valence-electron chi connectivity index (χ0n) is 19.5. The average molecular weight is 457 g/mol. The number of nitrogens with zero attached hydrogens (tertiary/aromatic N) is 3. The minimum Gasteiger partial charge on any atom is -0.444 e. The van der Waals surface area contributed by atoms with Gasteiger partial charge in [0.25, 0.3) is 5.91 Å². The molecule has 172 valence electrons. The number of carbonyl (C=O) groups excluding carboxylic acids is 2. The lowest BCUT2D eigenvalue weighted by Crippen LogP contribution is -2.35. The number of hydrogen-bond donors (Lipinski definition) is 1. The number of likely N-dealkylation sites (tertiary alicyclic amines) is 1. The van der Waals surface area contributed by atoms with Gasteiger partial charge in [-0.05, 0) is 51.4 Å². The number of nitrogens with one attached hydrogen (secondary N) is 1. The minimum atomic E-state index is -0.513. The Morgan fingerprint density at radius 3 is 2.78 bits per heavy atom. The molecule has 8 heteroatoms. The monoisotopic (exact) mass is 456 g/mol. The summed E-state index contributed by atoms with van der Waals surface area (Å²) >= 11 is 1.56.